The number of alkyl halides is 1. The van der Waals surface area contributed by atoms with Gasteiger partial charge in [-0.1, -0.05) is 6.07 Å². The normalized spacial score (nSPS) is 9.94. The smallest absolute Gasteiger partial charge is 0.242 e. The highest BCUT2D eigenvalue weighted by atomic mass is 127. The largest absolute Gasteiger partial charge is 0.304 e. The van der Waals surface area contributed by atoms with Crippen LogP contribution in [0.1, 0.15) is 5.56 Å². The van der Waals surface area contributed by atoms with E-state index in [-0.39, 0.29) is 18.3 Å². The molecule has 0 radical (unpaired) electrons. The van der Waals surface area contributed by atoms with Crippen LogP contribution in [0.4, 0.5) is 5.69 Å². The first-order valence-electron chi connectivity index (χ1n) is 4.66. The number of benzene rings is 1. The molecule has 1 amide bonds. The van der Waals surface area contributed by atoms with E-state index >= 15 is 0 Å². The van der Waals surface area contributed by atoms with Gasteiger partial charge in [-0.2, -0.15) is 0 Å². The lowest BCUT2D eigenvalue weighted by Gasteiger charge is -2.21. The van der Waals surface area contributed by atoms with Crippen LogP contribution in [-0.4, -0.2) is 24.6 Å². The Morgan fingerprint density at radius 1 is 1.56 bits per heavy atom. The average Bonchev–Trinajstić information content (AvgIpc) is 2.28. The van der Waals surface area contributed by atoms with E-state index in [9.17, 15) is 9.59 Å². The Morgan fingerprint density at radius 3 is 2.81 bits per heavy atom. The fourth-order valence-electron chi connectivity index (χ4n) is 1.35. The number of amides is 1. The van der Waals surface area contributed by atoms with Crippen molar-refractivity contribution in [3.05, 3.63) is 27.3 Å². The van der Waals surface area contributed by atoms with Crippen LogP contribution < -0.4 is 4.90 Å². The molecule has 16 heavy (non-hydrogen) atoms. The van der Waals surface area contributed by atoms with Gasteiger partial charge in [0.25, 0.3) is 0 Å². The van der Waals surface area contributed by atoms with Crippen LogP contribution in [0.15, 0.2) is 18.2 Å². The Labute approximate surface area is 113 Å². The Balaban J connectivity index is 3.14. The summed E-state index contributed by atoms with van der Waals surface area (Å²) in [6.07, 6.45) is 0.698. The van der Waals surface area contributed by atoms with Crippen molar-refractivity contribution < 1.29 is 9.59 Å². The molecule has 86 valence electrons. The molecule has 0 aliphatic heterocycles. The number of rotatable bonds is 4. The number of aryl methyl sites for hydroxylation is 1. The van der Waals surface area contributed by atoms with Crippen LogP contribution in [-0.2, 0) is 9.59 Å². The van der Waals surface area contributed by atoms with Crippen molar-refractivity contribution >= 4 is 52.1 Å². The molecule has 0 saturated carbocycles. The second kappa shape index (κ2) is 6.20. The van der Waals surface area contributed by atoms with Gasteiger partial charge in [-0.25, -0.2) is 0 Å². The van der Waals surface area contributed by atoms with Crippen molar-refractivity contribution in [2.45, 2.75) is 6.92 Å². The maximum absolute atomic E-state index is 11.6. The molecular weight excluding hydrogens is 340 g/mol. The SMILES string of the molecule is Cc1ccc(I)cc1N(CC=O)C(=O)CCl. The summed E-state index contributed by atoms with van der Waals surface area (Å²) in [5.74, 6) is -0.391. The van der Waals surface area contributed by atoms with Gasteiger partial charge in [0, 0.05) is 9.26 Å². The van der Waals surface area contributed by atoms with Gasteiger partial charge in [0.05, 0.1) is 6.54 Å². The van der Waals surface area contributed by atoms with Crippen molar-refractivity contribution in [1.82, 2.24) is 0 Å². The summed E-state index contributed by atoms with van der Waals surface area (Å²) in [5.41, 5.74) is 1.69. The van der Waals surface area contributed by atoms with Gasteiger partial charge in [0.15, 0.2) is 0 Å². The lowest BCUT2D eigenvalue weighted by molar-refractivity contribution is -0.117. The van der Waals surface area contributed by atoms with Gasteiger partial charge in [0.1, 0.15) is 12.2 Å². The minimum atomic E-state index is -0.265. The van der Waals surface area contributed by atoms with E-state index in [4.69, 9.17) is 11.6 Å². The molecule has 0 heterocycles. The zero-order valence-corrected chi connectivity index (χ0v) is 11.7. The van der Waals surface area contributed by atoms with Gasteiger partial charge in [-0.05, 0) is 47.2 Å². The Hall–Kier alpha value is -0.620. The summed E-state index contributed by atoms with van der Waals surface area (Å²) in [4.78, 5) is 23.6. The van der Waals surface area contributed by atoms with Crippen LogP contribution in [0.25, 0.3) is 0 Å². The fourth-order valence-corrected chi connectivity index (χ4v) is 1.97. The molecule has 0 bridgehead atoms. The fraction of sp³-hybridized carbons (Fsp3) is 0.273. The lowest BCUT2D eigenvalue weighted by Crippen LogP contribution is -2.34. The number of hydrogen-bond donors (Lipinski definition) is 0. The number of halogens is 2. The van der Waals surface area contributed by atoms with E-state index < -0.39 is 0 Å². The van der Waals surface area contributed by atoms with Gasteiger partial charge >= 0.3 is 0 Å². The standard InChI is InChI=1S/C11H11ClINO2/c1-8-2-3-9(13)6-10(8)14(4-5-15)11(16)7-12/h2-3,5-6H,4,7H2,1H3. The van der Waals surface area contributed by atoms with Crippen molar-refractivity contribution in [2.75, 3.05) is 17.3 Å². The molecule has 0 unspecified atom stereocenters. The molecule has 0 atom stereocenters. The second-order valence-corrected chi connectivity index (χ2v) is 4.75. The molecule has 0 fully saturated rings. The highest BCUT2D eigenvalue weighted by Crippen LogP contribution is 2.22. The van der Waals surface area contributed by atoms with Crippen molar-refractivity contribution in [2.24, 2.45) is 0 Å². The predicted octanol–water partition coefficient (Wildman–Crippen LogP) is 2.37. The Bertz CT molecular complexity index is 409. The summed E-state index contributed by atoms with van der Waals surface area (Å²) >= 11 is 7.68. The second-order valence-electron chi connectivity index (χ2n) is 3.24. The molecule has 0 aromatic heterocycles. The van der Waals surface area contributed by atoms with Crippen LogP contribution in [0.3, 0.4) is 0 Å². The molecule has 3 nitrogen and oxygen atoms in total. The third kappa shape index (κ3) is 3.18. The van der Waals surface area contributed by atoms with Crippen LogP contribution in [0, 0.1) is 10.5 Å². The molecule has 0 N–H and O–H groups in total. The topological polar surface area (TPSA) is 37.4 Å². The van der Waals surface area contributed by atoms with E-state index in [2.05, 4.69) is 22.6 Å². The zero-order valence-electron chi connectivity index (χ0n) is 8.74. The van der Waals surface area contributed by atoms with Gasteiger partial charge < -0.3 is 9.69 Å². The Kier molecular flexibility index (Phi) is 5.21. The third-order valence-electron chi connectivity index (χ3n) is 2.13. The molecule has 1 aromatic rings. The number of anilines is 1. The highest BCUT2D eigenvalue weighted by molar-refractivity contribution is 14.1. The predicted molar refractivity (Wildman–Crippen MR) is 73.0 cm³/mol. The lowest BCUT2D eigenvalue weighted by atomic mass is 10.2. The first kappa shape index (κ1) is 13.4. The van der Waals surface area contributed by atoms with E-state index in [0.717, 1.165) is 14.8 Å². The number of aldehydes is 1. The van der Waals surface area contributed by atoms with Crippen molar-refractivity contribution in [3.63, 3.8) is 0 Å². The van der Waals surface area contributed by atoms with E-state index in [1.54, 1.807) is 0 Å². The van der Waals surface area contributed by atoms with Crippen molar-refractivity contribution in [3.8, 4) is 0 Å². The first-order valence-corrected chi connectivity index (χ1v) is 6.27. The summed E-state index contributed by atoms with van der Waals surface area (Å²) in [7, 11) is 0. The highest BCUT2D eigenvalue weighted by Gasteiger charge is 2.16. The molecule has 1 aromatic carbocycles. The molecular formula is C11H11ClINO2. The van der Waals surface area contributed by atoms with Gasteiger partial charge in [0.2, 0.25) is 5.91 Å². The number of nitrogens with zero attached hydrogens (tertiary/aromatic N) is 1. The summed E-state index contributed by atoms with van der Waals surface area (Å²) < 4.78 is 1.01. The molecule has 0 aliphatic rings. The number of hydrogen-bond acceptors (Lipinski definition) is 2. The monoisotopic (exact) mass is 351 g/mol. The number of carbonyl (C=O) groups is 2. The summed E-state index contributed by atoms with van der Waals surface area (Å²) in [6, 6.07) is 5.73. The van der Waals surface area contributed by atoms with Gasteiger partial charge in [-0.3, -0.25) is 4.79 Å². The summed E-state index contributed by atoms with van der Waals surface area (Å²) in [6.45, 7) is 1.93. The molecule has 5 heteroatoms. The maximum atomic E-state index is 11.6. The maximum Gasteiger partial charge on any atom is 0.242 e. The van der Waals surface area contributed by atoms with Crippen LogP contribution in [0.5, 0.6) is 0 Å². The van der Waals surface area contributed by atoms with E-state index in [1.165, 1.54) is 4.90 Å². The van der Waals surface area contributed by atoms with Gasteiger partial charge in [-0.15, -0.1) is 11.6 Å². The molecule has 1 rings (SSSR count). The summed E-state index contributed by atoms with van der Waals surface area (Å²) in [5, 5.41) is 0. The van der Waals surface area contributed by atoms with Crippen LogP contribution in [0.2, 0.25) is 0 Å². The quantitative estimate of drug-likeness (QED) is 0.474. The minimum absolute atomic E-state index is 0.0342. The average molecular weight is 352 g/mol. The minimum Gasteiger partial charge on any atom is -0.304 e. The van der Waals surface area contributed by atoms with E-state index in [1.807, 2.05) is 25.1 Å². The van der Waals surface area contributed by atoms with E-state index in [0.29, 0.717) is 6.29 Å². The molecule has 0 saturated heterocycles. The number of carbonyl (C=O) groups excluding carboxylic acids is 2. The van der Waals surface area contributed by atoms with Crippen LogP contribution >= 0.6 is 34.2 Å². The first-order chi connectivity index (χ1) is 7.60. The molecule has 0 aliphatic carbocycles. The zero-order chi connectivity index (χ0) is 12.1. The molecule has 0 spiro atoms. The Morgan fingerprint density at radius 2 is 2.25 bits per heavy atom. The third-order valence-corrected chi connectivity index (χ3v) is 3.03. The van der Waals surface area contributed by atoms with Crippen molar-refractivity contribution in [1.29, 1.82) is 0 Å².